The lowest BCUT2D eigenvalue weighted by atomic mass is 10.3. The fourth-order valence-corrected chi connectivity index (χ4v) is 1.66. The van der Waals surface area contributed by atoms with Crippen LogP contribution in [0.4, 0.5) is 5.82 Å². The molecule has 3 nitrogen and oxygen atoms in total. The van der Waals surface area contributed by atoms with Crippen LogP contribution in [0.25, 0.3) is 5.69 Å². The van der Waals surface area contributed by atoms with Crippen molar-refractivity contribution in [2.45, 2.75) is 18.7 Å². The van der Waals surface area contributed by atoms with Crippen molar-refractivity contribution in [1.82, 2.24) is 9.78 Å². The average molecular weight is 219 g/mol. The number of nitrogens with two attached hydrogens (primary N) is 1. The molecule has 0 amide bonds. The number of rotatable bonds is 1. The normalized spacial score (nSPS) is 10.6. The van der Waals surface area contributed by atoms with E-state index in [1.165, 1.54) is 0 Å². The molecular weight excluding hydrogens is 206 g/mol. The molecule has 2 N–H and O–H groups in total. The summed E-state index contributed by atoms with van der Waals surface area (Å²) in [6, 6.07) is 7.75. The first-order valence-corrected chi connectivity index (χ1v) is 5.15. The summed E-state index contributed by atoms with van der Waals surface area (Å²) >= 11 is 4.29. The Labute approximate surface area is 94.3 Å². The molecule has 2 aromatic rings. The summed E-state index contributed by atoms with van der Waals surface area (Å²) in [6.07, 6.45) is 0. The van der Waals surface area contributed by atoms with Crippen LogP contribution < -0.4 is 5.73 Å². The molecule has 1 aromatic heterocycles. The Hall–Kier alpha value is -1.42. The highest BCUT2D eigenvalue weighted by Crippen LogP contribution is 2.20. The number of aromatic nitrogens is 2. The van der Waals surface area contributed by atoms with E-state index in [-0.39, 0.29) is 0 Å². The molecule has 2 rings (SSSR count). The molecular formula is C11H13N3S. The Morgan fingerprint density at radius 2 is 2.07 bits per heavy atom. The van der Waals surface area contributed by atoms with Crippen molar-refractivity contribution in [1.29, 1.82) is 0 Å². The van der Waals surface area contributed by atoms with Crippen molar-refractivity contribution in [3.8, 4) is 5.69 Å². The van der Waals surface area contributed by atoms with E-state index in [0.717, 1.165) is 21.8 Å². The molecule has 0 radical (unpaired) electrons. The zero-order valence-corrected chi connectivity index (χ0v) is 9.62. The van der Waals surface area contributed by atoms with Crippen LogP contribution in [-0.4, -0.2) is 9.78 Å². The highest BCUT2D eigenvalue weighted by molar-refractivity contribution is 7.80. The highest BCUT2D eigenvalue weighted by Gasteiger charge is 2.09. The summed E-state index contributed by atoms with van der Waals surface area (Å²) in [4.78, 5) is 0.901. The van der Waals surface area contributed by atoms with Gasteiger partial charge in [0.25, 0.3) is 0 Å². The number of hydrogen-bond donors (Lipinski definition) is 2. The lowest BCUT2D eigenvalue weighted by molar-refractivity contribution is 0.869. The second-order valence-electron chi connectivity index (χ2n) is 3.53. The van der Waals surface area contributed by atoms with Gasteiger partial charge in [-0.15, -0.1) is 12.6 Å². The van der Waals surface area contributed by atoms with E-state index >= 15 is 0 Å². The number of anilines is 1. The van der Waals surface area contributed by atoms with Crippen LogP contribution in [0.1, 0.15) is 11.3 Å². The Morgan fingerprint density at radius 3 is 2.60 bits per heavy atom. The lowest BCUT2D eigenvalue weighted by Gasteiger charge is -2.04. The smallest absolute Gasteiger partial charge is 0.130 e. The third kappa shape index (κ3) is 1.72. The van der Waals surface area contributed by atoms with Gasteiger partial charge in [-0.05, 0) is 32.0 Å². The van der Waals surface area contributed by atoms with Gasteiger partial charge in [0, 0.05) is 10.5 Å². The number of aryl methyl sites for hydroxylation is 1. The second kappa shape index (κ2) is 3.62. The number of benzene rings is 1. The van der Waals surface area contributed by atoms with Crippen LogP contribution in [0.15, 0.2) is 29.2 Å². The predicted octanol–water partition coefficient (Wildman–Crippen LogP) is 2.36. The fraction of sp³-hybridized carbons (Fsp3) is 0.182. The van der Waals surface area contributed by atoms with E-state index in [1.54, 1.807) is 4.68 Å². The van der Waals surface area contributed by atoms with Gasteiger partial charge in [-0.25, -0.2) is 4.68 Å². The van der Waals surface area contributed by atoms with Crippen molar-refractivity contribution in [3.05, 3.63) is 35.5 Å². The molecule has 0 spiro atoms. The third-order valence-electron chi connectivity index (χ3n) is 2.48. The van der Waals surface area contributed by atoms with E-state index in [1.807, 2.05) is 38.1 Å². The van der Waals surface area contributed by atoms with E-state index in [4.69, 9.17) is 5.73 Å². The molecule has 78 valence electrons. The topological polar surface area (TPSA) is 43.8 Å². The molecule has 1 heterocycles. The minimum absolute atomic E-state index is 0.687. The predicted molar refractivity (Wildman–Crippen MR) is 64.7 cm³/mol. The van der Waals surface area contributed by atoms with Crippen LogP contribution in [0.3, 0.4) is 0 Å². The summed E-state index contributed by atoms with van der Waals surface area (Å²) in [5.41, 5.74) is 8.88. The Balaban J connectivity index is 2.59. The zero-order chi connectivity index (χ0) is 11.0. The Bertz CT molecular complexity index is 503. The summed E-state index contributed by atoms with van der Waals surface area (Å²) in [5.74, 6) is 0.687. The standard InChI is InChI=1S/C11H13N3S/c1-7-8(2)13-14(11(7)12)9-4-3-5-10(15)6-9/h3-6,15H,12H2,1-2H3. The lowest BCUT2D eigenvalue weighted by Crippen LogP contribution is -2.02. The molecule has 15 heavy (non-hydrogen) atoms. The first-order chi connectivity index (χ1) is 7.09. The summed E-state index contributed by atoms with van der Waals surface area (Å²) in [5, 5.41) is 4.38. The van der Waals surface area contributed by atoms with Gasteiger partial charge in [0.15, 0.2) is 0 Å². The van der Waals surface area contributed by atoms with E-state index in [0.29, 0.717) is 5.82 Å². The molecule has 0 atom stereocenters. The number of thiol groups is 1. The van der Waals surface area contributed by atoms with Crippen molar-refractivity contribution >= 4 is 18.4 Å². The van der Waals surface area contributed by atoms with Crippen LogP contribution in [0.5, 0.6) is 0 Å². The summed E-state index contributed by atoms with van der Waals surface area (Å²) in [6.45, 7) is 3.92. The number of hydrogen-bond acceptors (Lipinski definition) is 3. The van der Waals surface area contributed by atoms with Gasteiger partial charge in [-0.2, -0.15) is 5.10 Å². The maximum Gasteiger partial charge on any atom is 0.130 e. The average Bonchev–Trinajstić information content (AvgIpc) is 2.46. The zero-order valence-electron chi connectivity index (χ0n) is 8.73. The van der Waals surface area contributed by atoms with Gasteiger partial charge in [-0.1, -0.05) is 6.07 Å². The van der Waals surface area contributed by atoms with Crippen molar-refractivity contribution in [3.63, 3.8) is 0 Å². The highest BCUT2D eigenvalue weighted by atomic mass is 32.1. The molecule has 0 aliphatic carbocycles. The molecule has 0 aliphatic heterocycles. The molecule has 0 aliphatic rings. The van der Waals surface area contributed by atoms with Crippen molar-refractivity contribution in [2.24, 2.45) is 0 Å². The Morgan fingerprint density at radius 1 is 1.33 bits per heavy atom. The monoisotopic (exact) mass is 219 g/mol. The largest absolute Gasteiger partial charge is 0.383 e. The molecule has 1 aromatic carbocycles. The minimum atomic E-state index is 0.687. The SMILES string of the molecule is Cc1nn(-c2cccc(S)c2)c(N)c1C. The third-order valence-corrected chi connectivity index (χ3v) is 2.76. The summed E-state index contributed by atoms with van der Waals surface area (Å²) < 4.78 is 1.74. The second-order valence-corrected chi connectivity index (χ2v) is 4.04. The number of nitrogen functional groups attached to an aromatic ring is 1. The first-order valence-electron chi connectivity index (χ1n) is 4.70. The summed E-state index contributed by atoms with van der Waals surface area (Å²) in [7, 11) is 0. The quantitative estimate of drug-likeness (QED) is 0.723. The van der Waals surface area contributed by atoms with Gasteiger partial charge < -0.3 is 5.73 Å². The molecule has 0 fully saturated rings. The molecule has 0 saturated carbocycles. The minimum Gasteiger partial charge on any atom is -0.383 e. The molecule has 4 heteroatoms. The van der Waals surface area contributed by atoms with E-state index in [2.05, 4.69) is 17.7 Å². The van der Waals surface area contributed by atoms with Crippen LogP contribution in [-0.2, 0) is 0 Å². The number of nitrogens with zero attached hydrogens (tertiary/aromatic N) is 2. The van der Waals surface area contributed by atoms with Crippen LogP contribution >= 0.6 is 12.6 Å². The van der Waals surface area contributed by atoms with Crippen LogP contribution in [0.2, 0.25) is 0 Å². The van der Waals surface area contributed by atoms with E-state index < -0.39 is 0 Å². The van der Waals surface area contributed by atoms with Gasteiger partial charge in [0.05, 0.1) is 11.4 Å². The first kappa shape index (κ1) is 10.1. The van der Waals surface area contributed by atoms with Crippen molar-refractivity contribution < 1.29 is 0 Å². The maximum atomic E-state index is 5.96. The molecule has 0 bridgehead atoms. The van der Waals surface area contributed by atoms with Gasteiger partial charge in [-0.3, -0.25) is 0 Å². The van der Waals surface area contributed by atoms with Gasteiger partial charge >= 0.3 is 0 Å². The maximum absolute atomic E-state index is 5.96. The van der Waals surface area contributed by atoms with E-state index in [9.17, 15) is 0 Å². The van der Waals surface area contributed by atoms with Crippen LogP contribution in [0, 0.1) is 13.8 Å². The molecule has 0 unspecified atom stereocenters. The van der Waals surface area contributed by atoms with Crippen molar-refractivity contribution in [2.75, 3.05) is 5.73 Å². The Kier molecular flexibility index (Phi) is 2.44. The fourth-order valence-electron chi connectivity index (χ4n) is 1.44. The van der Waals surface area contributed by atoms with Gasteiger partial charge in [0.2, 0.25) is 0 Å². The molecule has 0 saturated heterocycles. The van der Waals surface area contributed by atoms with Gasteiger partial charge in [0.1, 0.15) is 5.82 Å².